The summed E-state index contributed by atoms with van der Waals surface area (Å²) in [6.45, 7) is 1.13. The van der Waals surface area contributed by atoms with E-state index in [1.54, 1.807) is 29.2 Å². The number of nitrogens with zero attached hydrogens (tertiary/aromatic N) is 1. The van der Waals surface area contributed by atoms with E-state index in [4.69, 9.17) is 21.1 Å². The maximum Gasteiger partial charge on any atom is 0.255 e. The van der Waals surface area contributed by atoms with Crippen LogP contribution in [-0.2, 0) is 4.74 Å². The molecule has 7 heteroatoms. The Morgan fingerprint density at radius 3 is 2.84 bits per heavy atom. The van der Waals surface area contributed by atoms with Gasteiger partial charge in [-0.3, -0.25) is 4.79 Å². The molecule has 1 fully saturated rings. The van der Waals surface area contributed by atoms with Crippen molar-refractivity contribution in [1.82, 2.24) is 4.90 Å². The Bertz CT molecular complexity index is 772. The van der Waals surface area contributed by atoms with Crippen LogP contribution in [0.3, 0.4) is 0 Å². The van der Waals surface area contributed by atoms with E-state index in [0.29, 0.717) is 30.3 Å². The first kappa shape index (κ1) is 17.6. The average molecular weight is 368 g/mol. The first-order valence-corrected chi connectivity index (χ1v) is 8.15. The fourth-order valence-corrected chi connectivity index (χ4v) is 2.80. The summed E-state index contributed by atoms with van der Waals surface area (Å²) in [6, 6.07) is 9.92. The molecule has 4 nitrogen and oxygen atoms in total. The Kier molecular flexibility index (Phi) is 5.50. The highest BCUT2D eigenvalue weighted by Gasteiger charge is 2.26. The van der Waals surface area contributed by atoms with Crippen molar-refractivity contribution in [1.29, 1.82) is 0 Å². The van der Waals surface area contributed by atoms with E-state index in [-0.39, 0.29) is 18.3 Å². The molecule has 0 saturated carbocycles. The largest absolute Gasteiger partial charge is 0.488 e. The molecule has 0 aliphatic carbocycles. The lowest BCUT2D eigenvalue weighted by Crippen LogP contribution is -2.47. The topological polar surface area (TPSA) is 38.8 Å². The fourth-order valence-electron chi connectivity index (χ4n) is 2.58. The van der Waals surface area contributed by atoms with Crippen molar-refractivity contribution in [2.75, 3.05) is 26.3 Å². The highest BCUT2D eigenvalue weighted by Crippen LogP contribution is 2.21. The molecular weight excluding hydrogens is 352 g/mol. The summed E-state index contributed by atoms with van der Waals surface area (Å²) in [5, 5.41) is 0.389. The van der Waals surface area contributed by atoms with E-state index in [9.17, 15) is 13.6 Å². The summed E-state index contributed by atoms with van der Waals surface area (Å²) in [4.78, 5) is 14.2. The Hall–Kier alpha value is -2.18. The number of hydrogen-bond donors (Lipinski definition) is 0. The van der Waals surface area contributed by atoms with Crippen LogP contribution in [0.5, 0.6) is 5.75 Å². The number of carbonyl (C=O) groups is 1. The van der Waals surface area contributed by atoms with Gasteiger partial charge in [-0.05, 0) is 24.3 Å². The number of amides is 1. The lowest BCUT2D eigenvalue weighted by atomic mass is 10.1. The van der Waals surface area contributed by atoms with E-state index in [2.05, 4.69) is 0 Å². The van der Waals surface area contributed by atoms with Gasteiger partial charge in [0.25, 0.3) is 5.91 Å². The molecule has 1 saturated heterocycles. The van der Waals surface area contributed by atoms with Crippen LogP contribution >= 0.6 is 11.6 Å². The fraction of sp³-hybridized carbons (Fsp3) is 0.278. The van der Waals surface area contributed by atoms with Gasteiger partial charge in [0.15, 0.2) is 11.6 Å². The van der Waals surface area contributed by atoms with Gasteiger partial charge in [-0.1, -0.05) is 23.7 Å². The van der Waals surface area contributed by atoms with E-state index < -0.39 is 17.7 Å². The van der Waals surface area contributed by atoms with Gasteiger partial charge in [0, 0.05) is 12.6 Å². The van der Waals surface area contributed by atoms with Crippen LogP contribution in [0.4, 0.5) is 8.78 Å². The number of rotatable bonds is 4. The Balaban J connectivity index is 1.61. The van der Waals surface area contributed by atoms with Crippen LogP contribution in [0.15, 0.2) is 42.5 Å². The predicted octanol–water partition coefficient (Wildman–Crippen LogP) is 3.54. The Morgan fingerprint density at radius 2 is 2.08 bits per heavy atom. The van der Waals surface area contributed by atoms with Gasteiger partial charge >= 0.3 is 0 Å². The van der Waals surface area contributed by atoms with Gasteiger partial charge in [-0.25, -0.2) is 8.78 Å². The third-order valence-electron chi connectivity index (χ3n) is 3.85. The summed E-state index contributed by atoms with van der Waals surface area (Å²) in [7, 11) is 0. The molecule has 3 rings (SSSR count). The number of halogens is 3. The molecule has 0 bridgehead atoms. The van der Waals surface area contributed by atoms with Crippen molar-refractivity contribution < 1.29 is 23.0 Å². The number of hydrogen-bond acceptors (Lipinski definition) is 3. The summed E-state index contributed by atoms with van der Waals surface area (Å²) >= 11 is 6.07. The molecule has 0 N–H and O–H groups in total. The van der Waals surface area contributed by atoms with Crippen molar-refractivity contribution in [3.05, 3.63) is 64.7 Å². The highest BCUT2D eigenvalue weighted by atomic mass is 35.5. The second-order valence-corrected chi connectivity index (χ2v) is 6.02. The van der Waals surface area contributed by atoms with Gasteiger partial charge in [-0.15, -0.1) is 0 Å². The lowest BCUT2D eigenvalue weighted by Gasteiger charge is -2.33. The molecule has 1 unspecified atom stereocenters. The molecule has 0 spiro atoms. The van der Waals surface area contributed by atoms with Gasteiger partial charge in [0.1, 0.15) is 18.5 Å². The highest BCUT2D eigenvalue weighted by molar-refractivity contribution is 6.33. The summed E-state index contributed by atoms with van der Waals surface area (Å²) in [5.41, 5.74) is 0.426. The van der Waals surface area contributed by atoms with Crippen LogP contribution in [0, 0.1) is 11.6 Å². The van der Waals surface area contributed by atoms with Crippen LogP contribution in [0.25, 0.3) is 0 Å². The molecular formula is C18H16ClF2NO3. The van der Waals surface area contributed by atoms with E-state index in [1.165, 1.54) is 6.07 Å². The molecule has 2 aromatic carbocycles. The third kappa shape index (κ3) is 4.27. The van der Waals surface area contributed by atoms with Crippen molar-refractivity contribution in [2.24, 2.45) is 0 Å². The zero-order valence-electron chi connectivity index (χ0n) is 13.3. The molecule has 132 valence electrons. The summed E-state index contributed by atoms with van der Waals surface area (Å²) < 4.78 is 37.4. The first-order valence-electron chi connectivity index (χ1n) is 7.78. The molecule has 1 atom stereocenters. The number of morpholine rings is 1. The minimum atomic E-state index is -0.778. The second-order valence-electron chi connectivity index (χ2n) is 5.61. The van der Waals surface area contributed by atoms with Crippen molar-refractivity contribution in [3.8, 4) is 5.75 Å². The molecule has 1 amide bonds. The van der Waals surface area contributed by atoms with Gasteiger partial charge in [-0.2, -0.15) is 0 Å². The minimum Gasteiger partial charge on any atom is -0.488 e. The zero-order chi connectivity index (χ0) is 17.8. The Labute approximate surface area is 148 Å². The van der Waals surface area contributed by atoms with E-state index in [0.717, 1.165) is 12.1 Å². The molecule has 2 aromatic rings. The molecule has 1 aliphatic heterocycles. The van der Waals surface area contributed by atoms with Crippen LogP contribution in [-0.4, -0.2) is 43.2 Å². The smallest absolute Gasteiger partial charge is 0.255 e. The third-order valence-corrected chi connectivity index (χ3v) is 4.18. The zero-order valence-corrected chi connectivity index (χ0v) is 14.0. The summed E-state index contributed by atoms with van der Waals surface area (Å²) in [5.74, 6) is -1.69. The molecule has 25 heavy (non-hydrogen) atoms. The van der Waals surface area contributed by atoms with Gasteiger partial charge < -0.3 is 14.4 Å². The molecule has 0 aromatic heterocycles. The Morgan fingerprint density at radius 1 is 1.28 bits per heavy atom. The quantitative estimate of drug-likeness (QED) is 0.829. The molecule has 1 aliphatic rings. The maximum absolute atomic E-state index is 13.6. The number of benzene rings is 2. The first-order chi connectivity index (χ1) is 12.0. The number of ether oxygens (including phenoxy) is 2. The summed E-state index contributed by atoms with van der Waals surface area (Å²) in [6.07, 6.45) is -0.412. The van der Waals surface area contributed by atoms with Crippen molar-refractivity contribution in [2.45, 2.75) is 6.10 Å². The second kappa shape index (κ2) is 7.80. The monoisotopic (exact) mass is 367 g/mol. The predicted molar refractivity (Wildman–Crippen MR) is 88.9 cm³/mol. The van der Waals surface area contributed by atoms with E-state index in [1.807, 2.05) is 0 Å². The van der Waals surface area contributed by atoms with Crippen molar-refractivity contribution in [3.63, 3.8) is 0 Å². The minimum absolute atomic E-state index is 0.0505. The lowest BCUT2D eigenvalue weighted by molar-refractivity contribution is -0.0405. The van der Waals surface area contributed by atoms with Crippen LogP contribution in [0.1, 0.15) is 10.4 Å². The standard InChI is InChI=1S/C18H16ClF2NO3/c19-15-4-2-1-3-14(15)18(23)22-7-8-24-13(10-22)11-25-17-6-5-12(20)9-16(17)21/h1-6,9,13H,7-8,10-11H2. The molecule has 1 heterocycles. The normalized spacial score (nSPS) is 17.4. The average Bonchev–Trinajstić information content (AvgIpc) is 2.61. The van der Waals surface area contributed by atoms with Crippen LogP contribution < -0.4 is 4.74 Å². The molecule has 0 radical (unpaired) electrons. The van der Waals surface area contributed by atoms with Crippen LogP contribution in [0.2, 0.25) is 5.02 Å². The van der Waals surface area contributed by atoms with Gasteiger partial charge in [0.05, 0.1) is 23.7 Å². The van der Waals surface area contributed by atoms with Gasteiger partial charge in [0.2, 0.25) is 0 Å². The maximum atomic E-state index is 13.6. The SMILES string of the molecule is O=C(c1ccccc1Cl)N1CCOC(COc2ccc(F)cc2F)C1. The number of carbonyl (C=O) groups excluding carboxylic acids is 1. The van der Waals surface area contributed by atoms with Crippen molar-refractivity contribution >= 4 is 17.5 Å². The van der Waals surface area contributed by atoms with E-state index >= 15 is 0 Å².